The number of nitrogens with zero attached hydrogens (tertiary/aromatic N) is 3. The van der Waals surface area contributed by atoms with Crippen molar-refractivity contribution in [2.75, 3.05) is 45.3 Å². The second-order valence-corrected chi connectivity index (χ2v) is 4.76. The van der Waals surface area contributed by atoms with Gasteiger partial charge in [-0.2, -0.15) is 0 Å². The molecule has 0 saturated carbocycles. The summed E-state index contributed by atoms with van der Waals surface area (Å²) in [6, 6.07) is 4.45. The molecule has 108 valence electrons. The number of anilines is 1. The van der Waals surface area contributed by atoms with Crippen LogP contribution >= 0.6 is 0 Å². The van der Waals surface area contributed by atoms with Crippen molar-refractivity contribution in [2.45, 2.75) is 0 Å². The molecule has 1 saturated heterocycles. The zero-order valence-corrected chi connectivity index (χ0v) is 11.5. The number of amides is 1. The van der Waals surface area contributed by atoms with Gasteiger partial charge in [0.05, 0.1) is 18.1 Å². The van der Waals surface area contributed by atoms with Crippen LogP contribution in [0.1, 0.15) is 10.4 Å². The van der Waals surface area contributed by atoms with Crippen LogP contribution in [0.3, 0.4) is 0 Å². The molecule has 0 radical (unpaired) electrons. The lowest BCUT2D eigenvalue weighted by Crippen LogP contribution is -2.40. The topological polar surface area (TPSA) is 75.9 Å². The van der Waals surface area contributed by atoms with Gasteiger partial charge in [0.1, 0.15) is 5.69 Å². The summed E-state index contributed by atoms with van der Waals surface area (Å²) in [5.41, 5.74) is 0.879. The minimum atomic E-state index is -0.446. The number of carbonyl (C=O) groups excluding carboxylic acids is 1. The lowest BCUT2D eigenvalue weighted by atomic mass is 10.1. The van der Waals surface area contributed by atoms with E-state index in [1.165, 1.54) is 12.1 Å². The number of hydrogen-bond acceptors (Lipinski definition) is 5. The van der Waals surface area contributed by atoms with Crippen LogP contribution in [0, 0.1) is 10.1 Å². The van der Waals surface area contributed by atoms with Gasteiger partial charge in [0, 0.05) is 38.8 Å². The molecule has 1 aliphatic heterocycles. The average Bonchev–Trinajstić information content (AvgIpc) is 2.46. The Morgan fingerprint density at radius 1 is 1.35 bits per heavy atom. The molecule has 0 N–H and O–H groups in total. The lowest BCUT2D eigenvalue weighted by Gasteiger charge is -2.27. The van der Waals surface area contributed by atoms with Gasteiger partial charge in [-0.05, 0) is 12.1 Å². The Balaban J connectivity index is 2.30. The van der Waals surface area contributed by atoms with Gasteiger partial charge >= 0.3 is 0 Å². The summed E-state index contributed by atoms with van der Waals surface area (Å²) in [6.07, 6.45) is 0. The van der Waals surface area contributed by atoms with Crippen LogP contribution in [-0.2, 0) is 4.74 Å². The summed E-state index contributed by atoms with van der Waals surface area (Å²) >= 11 is 0. The van der Waals surface area contributed by atoms with Crippen LogP contribution < -0.4 is 4.90 Å². The average molecular weight is 279 g/mol. The molecule has 0 unspecified atom stereocenters. The van der Waals surface area contributed by atoms with Crippen molar-refractivity contribution in [3.05, 3.63) is 33.9 Å². The van der Waals surface area contributed by atoms with Crippen molar-refractivity contribution < 1.29 is 14.5 Å². The van der Waals surface area contributed by atoms with Gasteiger partial charge in [-0.3, -0.25) is 14.9 Å². The van der Waals surface area contributed by atoms with E-state index < -0.39 is 4.92 Å². The maximum atomic E-state index is 12.3. The molecular weight excluding hydrogens is 262 g/mol. The number of benzene rings is 1. The first-order valence-corrected chi connectivity index (χ1v) is 6.33. The summed E-state index contributed by atoms with van der Waals surface area (Å²) in [4.78, 5) is 26.2. The number of nitro groups is 1. The molecule has 1 heterocycles. The normalized spacial score (nSPS) is 15.0. The SMILES string of the molecule is CN(C)c1cc(C(=O)N2CCOCC2)ccc1[N+](=O)[O-]. The molecule has 7 heteroatoms. The Bertz CT molecular complexity index is 524. The standard InChI is InChI=1S/C13H17N3O4/c1-14(2)12-9-10(3-4-11(12)16(18)19)13(17)15-5-7-20-8-6-15/h3-4,9H,5-8H2,1-2H3. The van der Waals surface area contributed by atoms with Crippen molar-refractivity contribution in [2.24, 2.45) is 0 Å². The van der Waals surface area contributed by atoms with E-state index in [4.69, 9.17) is 4.74 Å². The van der Waals surface area contributed by atoms with E-state index >= 15 is 0 Å². The van der Waals surface area contributed by atoms with Crippen LogP contribution in [0.4, 0.5) is 11.4 Å². The fourth-order valence-electron chi connectivity index (χ4n) is 2.12. The molecule has 0 aromatic heterocycles. The van der Waals surface area contributed by atoms with E-state index in [1.807, 2.05) is 0 Å². The van der Waals surface area contributed by atoms with Crippen LogP contribution in [0.5, 0.6) is 0 Å². The van der Waals surface area contributed by atoms with Crippen molar-refractivity contribution in [3.63, 3.8) is 0 Å². The predicted molar refractivity (Wildman–Crippen MR) is 74.1 cm³/mol. The maximum absolute atomic E-state index is 12.3. The molecule has 1 fully saturated rings. The summed E-state index contributed by atoms with van der Waals surface area (Å²) in [5, 5.41) is 11.0. The van der Waals surface area contributed by atoms with Gasteiger partial charge in [-0.1, -0.05) is 0 Å². The first-order valence-electron chi connectivity index (χ1n) is 6.33. The van der Waals surface area contributed by atoms with Crippen LogP contribution in [0.2, 0.25) is 0 Å². The van der Waals surface area contributed by atoms with E-state index in [2.05, 4.69) is 0 Å². The van der Waals surface area contributed by atoms with E-state index in [0.717, 1.165) is 0 Å². The summed E-state index contributed by atoms with van der Waals surface area (Å²) in [5.74, 6) is -0.119. The number of ether oxygens (including phenoxy) is 1. The van der Waals surface area contributed by atoms with Crippen LogP contribution in [0.25, 0.3) is 0 Å². The molecular formula is C13H17N3O4. The molecule has 2 rings (SSSR count). The maximum Gasteiger partial charge on any atom is 0.292 e. The first kappa shape index (κ1) is 14.3. The zero-order chi connectivity index (χ0) is 14.7. The monoisotopic (exact) mass is 279 g/mol. The number of nitro benzene ring substituents is 1. The molecule has 20 heavy (non-hydrogen) atoms. The number of carbonyl (C=O) groups is 1. The summed E-state index contributed by atoms with van der Waals surface area (Å²) in [7, 11) is 3.43. The Hall–Kier alpha value is -2.15. The number of rotatable bonds is 3. The molecule has 1 aromatic carbocycles. The van der Waals surface area contributed by atoms with Crippen molar-refractivity contribution >= 4 is 17.3 Å². The highest BCUT2D eigenvalue weighted by molar-refractivity contribution is 5.96. The minimum Gasteiger partial charge on any atom is -0.378 e. The molecule has 0 atom stereocenters. The van der Waals surface area contributed by atoms with Gasteiger partial charge in [0.15, 0.2) is 0 Å². The Kier molecular flexibility index (Phi) is 4.19. The smallest absolute Gasteiger partial charge is 0.292 e. The second-order valence-electron chi connectivity index (χ2n) is 4.76. The molecule has 0 bridgehead atoms. The molecule has 0 spiro atoms. The molecule has 1 amide bonds. The highest BCUT2D eigenvalue weighted by Crippen LogP contribution is 2.28. The first-order chi connectivity index (χ1) is 9.50. The second kappa shape index (κ2) is 5.87. The third kappa shape index (κ3) is 2.88. The van der Waals surface area contributed by atoms with Gasteiger partial charge in [0.2, 0.25) is 0 Å². The molecule has 0 aliphatic carbocycles. The summed E-state index contributed by atoms with van der Waals surface area (Å²) < 4.78 is 5.21. The molecule has 7 nitrogen and oxygen atoms in total. The lowest BCUT2D eigenvalue weighted by molar-refractivity contribution is -0.384. The largest absolute Gasteiger partial charge is 0.378 e. The van der Waals surface area contributed by atoms with Crippen molar-refractivity contribution in [3.8, 4) is 0 Å². The number of hydrogen-bond donors (Lipinski definition) is 0. The molecule has 1 aliphatic rings. The fourth-order valence-corrected chi connectivity index (χ4v) is 2.12. The number of morpholine rings is 1. The van der Waals surface area contributed by atoms with E-state index in [0.29, 0.717) is 37.6 Å². The Labute approximate surface area is 116 Å². The third-order valence-electron chi connectivity index (χ3n) is 3.20. The quantitative estimate of drug-likeness (QED) is 0.612. The van der Waals surface area contributed by atoms with E-state index in [1.54, 1.807) is 30.0 Å². The van der Waals surface area contributed by atoms with E-state index in [9.17, 15) is 14.9 Å². The highest BCUT2D eigenvalue weighted by atomic mass is 16.6. The van der Waals surface area contributed by atoms with Gasteiger partial charge in [-0.15, -0.1) is 0 Å². The Morgan fingerprint density at radius 3 is 2.55 bits per heavy atom. The van der Waals surface area contributed by atoms with Crippen LogP contribution in [0.15, 0.2) is 18.2 Å². The van der Waals surface area contributed by atoms with Crippen LogP contribution in [-0.4, -0.2) is 56.1 Å². The Morgan fingerprint density at radius 2 is 2.00 bits per heavy atom. The van der Waals surface area contributed by atoms with Gasteiger partial charge in [0.25, 0.3) is 11.6 Å². The predicted octanol–water partition coefficient (Wildman–Crippen LogP) is 1.13. The third-order valence-corrected chi connectivity index (χ3v) is 3.20. The minimum absolute atomic E-state index is 0.00599. The van der Waals surface area contributed by atoms with Crippen molar-refractivity contribution in [1.82, 2.24) is 4.90 Å². The van der Waals surface area contributed by atoms with Gasteiger partial charge in [-0.25, -0.2) is 0 Å². The molecule has 1 aromatic rings. The highest BCUT2D eigenvalue weighted by Gasteiger charge is 2.22. The summed E-state index contributed by atoms with van der Waals surface area (Å²) in [6.45, 7) is 2.15. The zero-order valence-electron chi connectivity index (χ0n) is 11.5. The van der Waals surface area contributed by atoms with Crippen molar-refractivity contribution in [1.29, 1.82) is 0 Å². The van der Waals surface area contributed by atoms with Gasteiger partial charge < -0.3 is 14.5 Å². The van der Waals surface area contributed by atoms with E-state index in [-0.39, 0.29) is 11.6 Å². The fraction of sp³-hybridized carbons (Fsp3) is 0.462.